The Morgan fingerprint density at radius 1 is 0.333 bits per heavy atom. The first-order valence-corrected chi connectivity index (χ1v) is 8.88. The Balaban J connectivity index is 2.61. The van der Waals surface area contributed by atoms with Crippen LogP contribution in [-0.4, -0.2) is 32.3 Å². The maximum atomic E-state index is 6.25. The van der Waals surface area contributed by atoms with Gasteiger partial charge >= 0.3 is 0 Å². The van der Waals surface area contributed by atoms with Gasteiger partial charge in [0.25, 0.3) is 0 Å². The number of rotatable bonds is 0. The summed E-state index contributed by atoms with van der Waals surface area (Å²) < 4.78 is 0. The van der Waals surface area contributed by atoms with Gasteiger partial charge in [0, 0.05) is 32.3 Å². The molecule has 0 nitrogen and oxygen atoms in total. The van der Waals surface area contributed by atoms with E-state index in [9.17, 15) is 0 Å². The average molecular weight is 375 g/mol. The maximum Gasteiger partial charge on any atom is 0.0500 e. The van der Waals surface area contributed by atoms with Crippen LogP contribution in [0.1, 0.15) is 38.5 Å². The Morgan fingerprint density at radius 2 is 0.444 bits per heavy atom. The standard InChI is InChI=1S/C12H18Cl6/c13-7-1-2-8(14)10(16)5-6-12(18)11(17)4-3-9(7)15/h7-12H,1-6H2. The maximum absolute atomic E-state index is 6.25. The third-order valence-electron chi connectivity index (χ3n) is 3.33. The summed E-state index contributed by atoms with van der Waals surface area (Å²) in [6, 6.07) is 0. The van der Waals surface area contributed by atoms with Gasteiger partial charge in [-0.05, 0) is 38.5 Å². The zero-order chi connectivity index (χ0) is 13.7. The minimum absolute atomic E-state index is 0.0890. The highest BCUT2D eigenvalue weighted by Gasteiger charge is 2.26. The summed E-state index contributed by atoms with van der Waals surface area (Å²) in [4.78, 5) is 0. The van der Waals surface area contributed by atoms with Gasteiger partial charge in [0.05, 0.1) is 0 Å². The third-order valence-corrected chi connectivity index (χ3v) is 6.85. The fourth-order valence-electron chi connectivity index (χ4n) is 2.04. The summed E-state index contributed by atoms with van der Waals surface area (Å²) in [5.74, 6) is 0. The van der Waals surface area contributed by atoms with Crippen molar-refractivity contribution in [2.45, 2.75) is 70.8 Å². The molecule has 0 saturated heterocycles. The van der Waals surface area contributed by atoms with E-state index in [4.69, 9.17) is 69.6 Å². The zero-order valence-corrected chi connectivity index (χ0v) is 14.5. The third kappa shape index (κ3) is 6.02. The Hall–Kier alpha value is 1.74. The molecule has 18 heavy (non-hydrogen) atoms. The second-order valence-electron chi connectivity index (χ2n) is 4.83. The van der Waals surface area contributed by atoms with Crippen LogP contribution >= 0.6 is 69.6 Å². The Bertz CT molecular complexity index is 175. The van der Waals surface area contributed by atoms with Gasteiger partial charge in [0.2, 0.25) is 0 Å². The first kappa shape index (κ1) is 17.8. The number of halogens is 6. The largest absolute Gasteiger partial charge is 0.121 e. The molecule has 0 aromatic heterocycles. The van der Waals surface area contributed by atoms with Crippen molar-refractivity contribution >= 4 is 69.6 Å². The molecule has 1 aliphatic rings. The van der Waals surface area contributed by atoms with Gasteiger partial charge in [-0.2, -0.15) is 0 Å². The smallest absolute Gasteiger partial charge is 0.0500 e. The predicted molar refractivity (Wildman–Crippen MR) is 85.5 cm³/mol. The molecule has 0 heterocycles. The van der Waals surface area contributed by atoms with Crippen molar-refractivity contribution in [3.05, 3.63) is 0 Å². The van der Waals surface area contributed by atoms with Crippen LogP contribution in [0.4, 0.5) is 0 Å². The van der Waals surface area contributed by atoms with Gasteiger partial charge in [-0.15, -0.1) is 69.6 Å². The minimum Gasteiger partial charge on any atom is -0.121 e. The molecule has 0 amide bonds. The zero-order valence-electron chi connectivity index (χ0n) is 9.97. The molecule has 1 fully saturated rings. The van der Waals surface area contributed by atoms with Gasteiger partial charge in [-0.3, -0.25) is 0 Å². The molecular weight excluding hydrogens is 357 g/mol. The van der Waals surface area contributed by atoms with Gasteiger partial charge < -0.3 is 0 Å². The molecule has 6 atom stereocenters. The molecule has 0 spiro atoms. The molecule has 108 valence electrons. The van der Waals surface area contributed by atoms with E-state index in [1.54, 1.807) is 0 Å². The van der Waals surface area contributed by atoms with E-state index in [-0.39, 0.29) is 32.3 Å². The minimum atomic E-state index is -0.0890. The summed E-state index contributed by atoms with van der Waals surface area (Å²) in [7, 11) is 0. The number of hydrogen-bond acceptors (Lipinski definition) is 0. The van der Waals surface area contributed by atoms with Crippen LogP contribution in [-0.2, 0) is 0 Å². The van der Waals surface area contributed by atoms with Crippen LogP contribution in [0.5, 0.6) is 0 Å². The van der Waals surface area contributed by atoms with Crippen molar-refractivity contribution in [2.24, 2.45) is 0 Å². The van der Waals surface area contributed by atoms with Crippen molar-refractivity contribution in [3.63, 3.8) is 0 Å². The molecule has 1 rings (SSSR count). The molecule has 0 radical (unpaired) electrons. The van der Waals surface area contributed by atoms with E-state index in [0.29, 0.717) is 0 Å². The van der Waals surface area contributed by atoms with Crippen molar-refractivity contribution in [1.82, 2.24) is 0 Å². The molecule has 0 aromatic carbocycles. The summed E-state index contributed by atoms with van der Waals surface area (Å²) in [5, 5.41) is -0.534. The van der Waals surface area contributed by atoms with Crippen LogP contribution in [0.25, 0.3) is 0 Å². The molecule has 0 aliphatic heterocycles. The molecule has 1 saturated carbocycles. The molecule has 0 aromatic rings. The first-order chi connectivity index (χ1) is 8.41. The lowest BCUT2D eigenvalue weighted by Crippen LogP contribution is -2.26. The highest BCUT2D eigenvalue weighted by molar-refractivity contribution is 6.31. The van der Waals surface area contributed by atoms with E-state index in [0.717, 1.165) is 38.5 Å². The van der Waals surface area contributed by atoms with E-state index in [2.05, 4.69) is 0 Å². The molecule has 6 unspecified atom stereocenters. The van der Waals surface area contributed by atoms with Crippen molar-refractivity contribution in [2.75, 3.05) is 0 Å². The van der Waals surface area contributed by atoms with E-state index >= 15 is 0 Å². The van der Waals surface area contributed by atoms with Crippen LogP contribution in [0.2, 0.25) is 0 Å². The van der Waals surface area contributed by atoms with Gasteiger partial charge in [-0.1, -0.05) is 0 Å². The quantitative estimate of drug-likeness (QED) is 0.457. The molecule has 0 bridgehead atoms. The monoisotopic (exact) mass is 372 g/mol. The van der Waals surface area contributed by atoms with Gasteiger partial charge in [0.15, 0.2) is 0 Å². The fraction of sp³-hybridized carbons (Fsp3) is 1.00. The summed E-state index contributed by atoms with van der Waals surface area (Å²) in [6.45, 7) is 0. The lowest BCUT2D eigenvalue weighted by molar-refractivity contribution is 0.524. The highest BCUT2D eigenvalue weighted by Crippen LogP contribution is 2.31. The van der Waals surface area contributed by atoms with E-state index in [1.165, 1.54) is 0 Å². The Labute approximate surface area is 140 Å². The van der Waals surface area contributed by atoms with Crippen molar-refractivity contribution < 1.29 is 0 Å². The van der Waals surface area contributed by atoms with Crippen molar-refractivity contribution in [1.29, 1.82) is 0 Å². The van der Waals surface area contributed by atoms with Crippen LogP contribution < -0.4 is 0 Å². The predicted octanol–water partition coefficient (Wildman–Crippen LogP) is 5.99. The van der Waals surface area contributed by atoms with Gasteiger partial charge in [-0.25, -0.2) is 0 Å². The lowest BCUT2D eigenvalue weighted by atomic mass is 9.99. The normalized spacial score (nSPS) is 45.0. The topological polar surface area (TPSA) is 0 Å². The molecule has 0 N–H and O–H groups in total. The first-order valence-electron chi connectivity index (χ1n) is 6.26. The van der Waals surface area contributed by atoms with Crippen LogP contribution in [0.15, 0.2) is 0 Å². The number of hydrogen-bond donors (Lipinski definition) is 0. The summed E-state index contributed by atoms with van der Waals surface area (Å²) >= 11 is 37.5. The van der Waals surface area contributed by atoms with E-state index in [1.807, 2.05) is 0 Å². The van der Waals surface area contributed by atoms with E-state index < -0.39 is 0 Å². The van der Waals surface area contributed by atoms with Crippen LogP contribution in [0.3, 0.4) is 0 Å². The molecular formula is C12H18Cl6. The molecule has 6 heteroatoms. The Kier molecular flexibility index (Phi) is 8.80. The highest BCUT2D eigenvalue weighted by atomic mass is 35.5. The number of alkyl halides is 6. The second kappa shape index (κ2) is 8.90. The SMILES string of the molecule is ClC1CCC(Cl)C(Cl)CCC(Cl)C(Cl)CCC1Cl. The summed E-state index contributed by atoms with van der Waals surface area (Å²) in [6.07, 6.45) is 4.69. The van der Waals surface area contributed by atoms with Gasteiger partial charge in [0.1, 0.15) is 0 Å². The van der Waals surface area contributed by atoms with Crippen molar-refractivity contribution in [3.8, 4) is 0 Å². The summed E-state index contributed by atoms with van der Waals surface area (Å²) in [5.41, 5.74) is 0. The average Bonchev–Trinajstić information content (AvgIpc) is 2.36. The fourth-order valence-corrected chi connectivity index (χ4v) is 3.55. The lowest BCUT2D eigenvalue weighted by Gasteiger charge is -2.24. The Morgan fingerprint density at radius 3 is 0.556 bits per heavy atom. The second-order valence-corrected chi connectivity index (χ2v) is 8.19. The van der Waals surface area contributed by atoms with Crippen LogP contribution in [0, 0.1) is 0 Å². The molecule has 1 aliphatic carbocycles.